The molecule has 0 aliphatic carbocycles. The summed E-state index contributed by atoms with van der Waals surface area (Å²) in [6, 6.07) is 3.81. The topological polar surface area (TPSA) is 68.8 Å². The molecule has 0 aliphatic rings. The maximum atomic E-state index is 14.9. The zero-order valence-electron chi connectivity index (χ0n) is 12.8. The van der Waals surface area contributed by atoms with E-state index in [0.717, 1.165) is 4.88 Å². The average Bonchev–Trinajstić information content (AvgIpc) is 3.08. The minimum absolute atomic E-state index is 0.0825. The Labute approximate surface area is 142 Å². The quantitative estimate of drug-likeness (QED) is 0.690. The fourth-order valence-electron chi connectivity index (χ4n) is 2.53. The summed E-state index contributed by atoms with van der Waals surface area (Å²) in [4.78, 5) is 9.45. The molecule has 0 saturated heterocycles. The van der Waals surface area contributed by atoms with E-state index < -0.39 is 0 Å². The molecule has 0 saturated carbocycles. The summed E-state index contributed by atoms with van der Waals surface area (Å²) in [5.41, 5.74) is 6.79. The third-order valence-corrected chi connectivity index (χ3v) is 4.63. The molecule has 3 aromatic heterocycles. The number of rotatable bonds is 5. The number of hydrogen-bond acceptors (Lipinski definition) is 5. The Balaban J connectivity index is 2.06. The lowest BCUT2D eigenvalue weighted by Gasteiger charge is -2.06. The van der Waals surface area contributed by atoms with Gasteiger partial charge in [0.2, 0.25) is 5.28 Å². The minimum Gasteiger partial charge on any atom is -0.364 e. The molecule has 23 heavy (non-hydrogen) atoms. The average molecular weight is 354 g/mol. The Bertz CT molecular complexity index is 828. The molecule has 0 bridgehead atoms. The van der Waals surface area contributed by atoms with E-state index in [-0.39, 0.29) is 17.1 Å². The lowest BCUT2D eigenvalue weighted by Crippen LogP contribution is -2.20. The fraction of sp³-hybridized carbons (Fsp3) is 0.333. The molecular formula is C15H17ClFN5S. The van der Waals surface area contributed by atoms with Crippen LogP contribution in [0.5, 0.6) is 0 Å². The third kappa shape index (κ3) is 3.17. The first-order valence-electron chi connectivity index (χ1n) is 7.19. The van der Waals surface area contributed by atoms with E-state index in [4.69, 9.17) is 17.3 Å². The van der Waals surface area contributed by atoms with Crippen LogP contribution < -0.4 is 11.1 Å². The first-order valence-corrected chi connectivity index (χ1v) is 8.45. The van der Waals surface area contributed by atoms with Crippen molar-refractivity contribution in [1.82, 2.24) is 14.5 Å². The Morgan fingerprint density at radius 1 is 1.48 bits per heavy atom. The summed E-state index contributed by atoms with van der Waals surface area (Å²) in [5, 5.41) is 5.58. The predicted octanol–water partition coefficient (Wildman–Crippen LogP) is 3.32. The van der Waals surface area contributed by atoms with Gasteiger partial charge in [-0.1, -0.05) is 6.07 Å². The number of nitrogens with two attached hydrogens (primary N) is 1. The molecule has 3 aromatic rings. The second-order valence-corrected chi connectivity index (χ2v) is 6.84. The van der Waals surface area contributed by atoms with E-state index in [1.54, 1.807) is 23.0 Å². The molecule has 8 heteroatoms. The van der Waals surface area contributed by atoms with Gasteiger partial charge in [0.15, 0.2) is 5.82 Å². The Morgan fingerprint density at radius 2 is 2.26 bits per heavy atom. The summed E-state index contributed by atoms with van der Waals surface area (Å²) in [6.07, 6.45) is 0.417. The van der Waals surface area contributed by atoms with E-state index in [1.165, 1.54) is 0 Å². The summed E-state index contributed by atoms with van der Waals surface area (Å²) in [7, 11) is 1.76. The van der Waals surface area contributed by atoms with Crippen molar-refractivity contribution >= 4 is 39.8 Å². The Hall–Kier alpha value is -1.70. The van der Waals surface area contributed by atoms with Crippen LogP contribution in [0.15, 0.2) is 17.5 Å². The van der Waals surface area contributed by atoms with Crippen molar-refractivity contribution in [3.05, 3.63) is 39.2 Å². The zero-order valence-corrected chi connectivity index (χ0v) is 14.4. The van der Waals surface area contributed by atoms with Crippen LogP contribution in [0.1, 0.15) is 17.5 Å². The number of nitrogens with one attached hydrogen (secondary N) is 1. The fourth-order valence-corrected chi connectivity index (χ4v) is 3.34. The highest BCUT2D eigenvalue weighted by Gasteiger charge is 2.22. The van der Waals surface area contributed by atoms with Gasteiger partial charge in [-0.25, -0.2) is 4.39 Å². The monoisotopic (exact) mass is 353 g/mol. The number of aryl methyl sites for hydroxylation is 1. The molecule has 0 radical (unpaired) electrons. The first kappa shape index (κ1) is 16.2. The minimum atomic E-state index is -0.342. The molecule has 0 spiro atoms. The van der Waals surface area contributed by atoms with Crippen LogP contribution in [0.3, 0.4) is 0 Å². The van der Waals surface area contributed by atoms with Gasteiger partial charge in [0, 0.05) is 24.4 Å². The number of fused-ring (bicyclic) bond motifs is 1. The largest absolute Gasteiger partial charge is 0.364 e. The van der Waals surface area contributed by atoms with Gasteiger partial charge in [-0.05, 0) is 30.0 Å². The van der Waals surface area contributed by atoms with Crippen molar-refractivity contribution in [2.45, 2.75) is 25.9 Å². The van der Waals surface area contributed by atoms with Crippen LogP contribution in [-0.2, 0) is 20.0 Å². The molecule has 0 amide bonds. The smallest absolute Gasteiger partial charge is 0.226 e. The van der Waals surface area contributed by atoms with Gasteiger partial charge >= 0.3 is 0 Å². The lowest BCUT2D eigenvalue weighted by molar-refractivity contribution is 0.586. The summed E-state index contributed by atoms with van der Waals surface area (Å²) < 4.78 is 16.6. The van der Waals surface area contributed by atoms with Crippen molar-refractivity contribution in [3.63, 3.8) is 0 Å². The Kier molecular flexibility index (Phi) is 4.52. The second kappa shape index (κ2) is 6.43. The van der Waals surface area contributed by atoms with Gasteiger partial charge in [-0.15, -0.1) is 11.3 Å². The molecular weight excluding hydrogens is 337 g/mol. The van der Waals surface area contributed by atoms with Crippen LogP contribution >= 0.6 is 22.9 Å². The number of thiophene rings is 1. The van der Waals surface area contributed by atoms with Gasteiger partial charge < -0.3 is 15.6 Å². The van der Waals surface area contributed by atoms with Crippen molar-refractivity contribution in [3.8, 4) is 0 Å². The molecule has 5 nitrogen and oxygen atoms in total. The molecule has 0 unspecified atom stereocenters. The van der Waals surface area contributed by atoms with Crippen LogP contribution in [0.25, 0.3) is 11.0 Å². The van der Waals surface area contributed by atoms with E-state index >= 15 is 0 Å². The van der Waals surface area contributed by atoms with Gasteiger partial charge in [-0.2, -0.15) is 9.97 Å². The zero-order chi connectivity index (χ0) is 16.6. The van der Waals surface area contributed by atoms with Gasteiger partial charge in [0.25, 0.3) is 0 Å². The van der Waals surface area contributed by atoms with Crippen LogP contribution in [0, 0.1) is 5.82 Å². The van der Waals surface area contributed by atoms with Crippen LogP contribution in [0.4, 0.5) is 10.2 Å². The van der Waals surface area contributed by atoms with Crippen molar-refractivity contribution in [1.29, 1.82) is 0 Å². The van der Waals surface area contributed by atoms with E-state index in [1.807, 2.05) is 24.4 Å². The van der Waals surface area contributed by atoms with Crippen molar-refractivity contribution in [2.75, 3.05) is 5.32 Å². The second-order valence-electron chi connectivity index (χ2n) is 5.47. The van der Waals surface area contributed by atoms with Crippen LogP contribution in [-0.4, -0.2) is 20.6 Å². The standard InChI is InChI=1S/C15H17ClFN5S/c1-8(18)6-10-12(17)11-13(19-7-9-4-3-5-23-9)20-15(16)21-14(11)22(10)2/h3-5,8H,6-7,18H2,1-2H3,(H,19,20,21)/t8-/m0/s1. The number of halogens is 2. The van der Waals surface area contributed by atoms with Crippen molar-refractivity contribution < 1.29 is 4.39 Å². The number of anilines is 1. The highest BCUT2D eigenvalue weighted by Crippen LogP contribution is 2.30. The van der Waals surface area contributed by atoms with Crippen molar-refractivity contribution in [2.24, 2.45) is 12.8 Å². The summed E-state index contributed by atoms with van der Waals surface area (Å²) in [6.45, 7) is 2.39. The normalized spacial score (nSPS) is 12.7. The number of aromatic nitrogens is 3. The maximum Gasteiger partial charge on any atom is 0.226 e. The van der Waals surface area contributed by atoms with Gasteiger partial charge in [0.05, 0.1) is 17.6 Å². The highest BCUT2D eigenvalue weighted by molar-refractivity contribution is 7.09. The summed E-state index contributed by atoms with van der Waals surface area (Å²) in [5.74, 6) is 0.0579. The van der Waals surface area contributed by atoms with E-state index in [0.29, 0.717) is 35.5 Å². The van der Waals surface area contributed by atoms with Crippen LogP contribution in [0.2, 0.25) is 5.28 Å². The predicted molar refractivity (Wildman–Crippen MR) is 92.5 cm³/mol. The van der Waals surface area contributed by atoms with Gasteiger partial charge in [0.1, 0.15) is 11.5 Å². The molecule has 1 atom stereocenters. The third-order valence-electron chi connectivity index (χ3n) is 3.58. The molecule has 3 N–H and O–H groups in total. The molecule has 0 aliphatic heterocycles. The molecule has 3 heterocycles. The molecule has 0 fully saturated rings. The molecule has 3 rings (SSSR count). The maximum absolute atomic E-state index is 14.9. The SMILES string of the molecule is C[C@H](N)Cc1c(F)c2c(NCc3cccs3)nc(Cl)nc2n1C. The Morgan fingerprint density at radius 3 is 2.91 bits per heavy atom. The van der Waals surface area contributed by atoms with Gasteiger partial charge in [-0.3, -0.25) is 0 Å². The molecule has 0 aromatic carbocycles. The van der Waals surface area contributed by atoms with E-state index in [9.17, 15) is 4.39 Å². The lowest BCUT2D eigenvalue weighted by atomic mass is 10.2. The highest BCUT2D eigenvalue weighted by atomic mass is 35.5. The first-order chi connectivity index (χ1) is 11.0. The molecule has 122 valence electrons. The number of nitrogens with zero attached hydrogens (tertiary/aromatic N) is 3. The number of hydrogen-bond donors (Lipinski definition) is 2. The summed E-state index contributed by atoms with van der Waals surface area (Å²) >= 11 is 7.62. The van der Waals surface area contributed by atoms with E-state index in [2.05, 4.69) is 15.3 Å².